The van der Waals surface area contributed by atoms with Crippen molar-refractivity contribution < 1.29 is 28.9 Å². The highest BCUT2D eigenvalue weighted by Gasteiger charge is 2.41. The number of hydrogen-bond acceptors (Lipinski definition) is 6. The molecule has 0 radical (unpaired) electrons. The molecular weight excluding hydrogens is 448 g/mol. The summed E-state index contributed by atoms with van der Waals surface area (Å²) in [5.74, 6) is 1.14. The maximum Gasteiger partial charge on any atom is 0.286 e. The molecule has 1 aliphatic heterocycles. The van der Waals surface area contributed by atoms with E-state index < -0.39 is 6.29 Å². The van der Waals surface area contributed by atoms with Gasteiger partial charge in [0.05, 0.1) is 31.9 Å². The van der Waals surface area contributed by atoms with E-state index in [4.69, 9.17) is 19.3 Å². The number of allylic oxidation sites excluding steroid dienone is 1. The van der Waals surface area contributed by atoms with Gasteiger partial charge < -0.3 is 24.6 Å². The molecule has 5 unspecified atom stereocenters. The molecule has 1 aromatic carbocycles. The third-order valence-corrected chi connectivity index (χ3v) is 7.58. The molecule has 35 heavy (non-hydrogen) atoms. The quantitative estimate of drug-likeness (QED) is 0.532. The van der Waals surface area contributed by atoms with Crippen molar-refractivity contribution in [2.24, 2.45) is 11.8 Å². The Morgan fingerprint density at radius 1 is 1.14 bits per heavy atom. The van der Waals surface area contributed by atoms with Crippen LogP contribution in [0.1, 0.15) is 55.3 Å². The van der Waals surface area contributed by atoms with Crippen LogP contribution in [0.3, 0.4) is 0 Å². The van der Waals surface area contributed by atoms with Gasteiger partial charge in [-0.15, -0.1) is 0 Å². The third-order valence-electron chi connectivity index (χ3n) is 7.58. The van der Waals surface area contributed by atoms with Crippen molar-refractivity contribution in [3.05, 3.63) is 47.9 Å². The van der Waals surface area contributed by atoms with Crippen molar-refractivity contribution in [2.45, 2.75) is 57.3 Å². The molecule has 5 rings (SSSR count). The van der Waals surface area contributed by atoms with Gasteiger partial charge in [0.1, 0.15) is 0 Å². The predicted octanol–water partition coefficient (Wildman–Crippen LogP) is 3.35. The van der Waals surface area contributed by atoms with Gasteiger partial charge in [0.2, 0.25) is 12.2 Å². The Kier molecular flexibility index (Phi) is 7.22. The summed E-state index contributed by atoms with van der Waals surface area (Å²) in [4.78, 5) is 25.6. The summed E-state index contributed by atoms with van der Waals surface area (Å²) < 4.78 is 18.9. The standard InChI is InChI=1S/C27H34N2O6/c1-17(31)29-16-22(21-4-2-3-5-24(21)29)20-14-25(35-26(15-20)34-11-10-33-9-8-30)27(32)28-23-13-18-6-7-19(23)12-18/h2-5,14,16,18-20,23,26,30H,6-13,15H2,1H3,(H,28,32). The molecule has 2 aliphatic carbocycles. The monoisotopic (exact) mass is 482 g/mol. The summed E-state index contributed by atoms with van der Waals surface area (Å²) in [5.41, 5.74) is 1.81. The van der Waals surface area contributed by atoms with Gasteiger partial charge in [-0.2, -0.15) is 0 Å². The Hall–Kier alpha value is -2.68. The number of hydrogen-bond donors (Lipinski definition) is 2. The minimum atomic E-state index is -0.622. The van der Waals surface area contributed by atoms with Crippen molar-refractivity contribution in [1.29, 1.82) is 0 Å². The molecule has 3 aliphatic rings. The first-order chi connectivity index (χ1) is 17.0. The minimum absolute atomic E-state index is 0.0434. The van der Waals surface area contributed by atoms with Crippen LogP contribution in [0.5, 0.6) is 0 Å². The van der Waals surface area contributed by atoms with E-state index in [1.165, 1.54) is 19.3 Å². The van der Waals surface area contributed by atoms with Crippen LogP contribution < -0.4 is 5.32 Å². The summed E-state index contributed by atoms with van der Waals surface area (Å²) in [6, 6.07) is 8.00. The van der Waals surface area contributed by atoms with Crippen molar-refractivity contribution in [3.8, 4) is 0 Å². The van der Waals surface area contributed by atoms with Crippen LogP contribution in [0.2, 0.25) is 0 Å². The Bertz CT molecular complexity index is 1110. The lowest BCUT2D eigenvalue weighted by Gasteiger charge is -2.30. The molecule has 5 atom stereocenters. The highest BCUT2D eigenvalue weighted by Crippen LogP contribution is 2.44. The SMILES string of the molecule is CC(=O)n1cc(C2C=C(C(=O)NC3CC4CCC3C4)OC(OCCOCCO)C2)c2ccccc21. The zero-order chi connectivity index (χ0) is 24.4. The number of carbonyl (C=O) groups is 2. The lowest BCUT2D eigenvalue weighted by Crippen LogP contribution is -2.41. The molecule has 2 N–H and O–H groups in total. The fourth-order valence-electron chi connectivity index (χ4n) is 5.96. The second kappa shape index (κ2) is 10.5. The predicted molar refractivity (Wildman–Crippen MR) is 130 cm³/mol. The number of benzene rings is 1. The number of ether oxygens (including phenoxy) is 3. The van der Waals surface area contributed by atoms with Crippen LogP contribution in [0.15, 0.2) is 42.3 Å². The summed E-state index contributed by atoms with van der Waals surface area (Å²) in [6.45, 7) is 2.36. The average Bonchev–Trinajstić information content (AvgIpc) is 3.58. The number of nitrogens with one attached hydrogen (secondary N) is 1. The molecule has 1 aromatic heterocycles. The molecule has 2 saturated carbocycles. The van der Waals surface area contributed by atoms with E-state index in [0.29, 0.717) is 18.9 Å². The normalized spacial score (nSPS) is 27.6. The van der Waals surface area contributed by atoms with Crippen molar-refractivity contribution in [3.63, 3.8) is 0 Å². The maximum absolute atomic E-state index is 13.3. The largest absolute Gasteiger partial charge is 0.459 e. The van der Waals surface area contributed by atoms with E-state index in [-0.39, 0.29) is 49.4 Å². The molecule has 2 fully saturated rings. The molecule has 2 aromatic rings. The van der Waals surface area contributed by atoms with E-state index in [0.717, 1.165) is 28.8 Å². The Morgan fingerprint density at radius 3 is 2.74 bits per heavy atom. The molecule has 0 saturated heterocycles. The molecule has 2 heterocycles. The molecular formula is C27H34N2O6. The van der Waals surface area contributed by atoms with Crippen LogP contribution >= 0.6 is 0 Å². The van der Waals surface area contributed by atoms with Crippen LogP contribution in [-0.4, -0.2) is 60.2 Å². The van der Waals surface area contributed by atoms with Gasteiger partial charge >= 0.3 is 0 Å². The first-order valence-electron chi connectivity index (χ1n) is 12.6. The lowest BCUT2D eigenvalue weighted by atomic mass is 9.92. The average molecular weight is 483 g/mol. The van der Waals surface area contributed by atoms with Gasteiger partial charge in [-0.05, 0) is 48.8 Å². The number of para-hydroxylation sites is 1. The van der Waals surface area contributed by atoms with Crippen molar-refractivity contribution >= 4 is 22.7 Å². The maximum atomic E-state index is 13.3. The molecule has 8 heteroatoms. The summed E-state index contributed by atoms with van der Waals surface area (Å²) in [6.07, 6.45) is 8.33. The second-order valence-electron chi connectivity index (χ2n) is 9.87. The number of carbonyl (C=O) groups excluding carboxylic acids is 2. The van der Waals surface area contributed by atoms with Gasteiger partial charge in [-0.25, -0.2) is 0 Å². The fraction of sp³-hybridized carbons (Fsp3) is 0.556. The van der Waals surface area contributed by atoms with Gasteiger partial charge in [-0.1, -0.05) is 24.6 Å². The Labute approximate surface area is 205 Å². The third kappa shape index (κ3) is 5.15. The topological polar surface area (TPSA) is 99.0 Å². The highest BCUT2D eigenvalue weighted by molar-refractivity contribution is 5.95. The molecule has 2 bridgehead atoms. The van der Waals surface area contributed by atoms with Crippen LogP contribution in [0.4, 0.5) is 0 Å². The van der Waals surface area contributed by atoms with Gasteiger partial charge in [0.15, 0.2) is 5.76 Å². The van der Waals surface area contributed by atoms with Gasteiger partial charge in [0, 0.05) is 36.9 Å². The van der Waals surface area contributed by atoms with Crippen LogP contribution in [-0.2, 0) is 19.0 Å². The van der Waals surface area contributed by atoms with E-state index in [2.05, 4.69) is 5.32 Å². The smallest absolute Gasteiger partial charge is 0.286 e. The number of aromatic nitrogens is 1. The Balaban J connectivity index is 1.38. The van der Waals surface area contributed by atoms with E-state index in [1.807, 2.05) is 36.5 Å². The first kappa shape index (κ1) is 24.0. The molecule has 0 spiro atoms. The second-order valence-corrected chi connectivity index (χ2v) is 9.87. The zero-order valence-electron chi connectivity index (χ0n) is 20.2. The number of fused-ring (bicyclic) bond motifs is 3. The van der Waals surface area contributed by atoms with E-state index in [9.17, 15) is 9.59 Å². The van der Waals surface area contributed by atoms with Gasteiger partial charge in [0.25, 0.3) is 5.91 Å². The summed E-state index contributed by atoms with van der Waals surface area (Å²) in [5, 5.41) is 13.1. The van der Waals surface area contributed by atoms with Crippen molar-refractivity contribution in [1.82, 2.24) is 9.88 Å². The highest BCUT2D eigenvalue weighted by atomic mass is 16.7. The minimum Gasteiger partial charge on any atom is -0.459 e. The number of rotatable bonds is 9. The van der Waals surface area contributed by atoms with Crippen LogP contribution in [0, 0.1) is 11.8 Å². The summed E-state index contributed by atoms with van der Waals surface area (Å²) in [7, 11) is 0. The van der Waals surface area contributed by atoms with Crippen LogP contribution in [0.25, 0.3) is 10.9 Å². The fourth-order valence-corrected chi connectivity index (χ4v) is 5.96. The summed E-state index contributed by atoms with van der Waals surface area (Å²) >= 11 is 0. The molecule has 8 nitrogen and oxygen atoms in total. The Morgan fingerprint density at radius 2 is 2.00 bits per heavy atom. The number of nitrogens with zero attached hydrogens (tertiary/aromatic N) is 1. The van der Waals surface area contributed by atoms with Gasteiger partial charge in [-0.3, -0.25) is 14.2 Å². The molecule has 188 valence electrons. The number of aliphatic hydroxyl groups excluding tert-OH is 1. The number of aliphatic hydroxyl groups is 1. The van der Waals surface area contributed by atoms with Crippen molar-refractivity contribution in [2.75, 3.05) is 26.4 Å². The molecule has 1 amide bonds. The lowest BCUT2D eigenvalue weighted by molar-refractivity contribution is -0.151. The zero-order valence-corrected chi connectivity index (χ0v) is 20.2. The van der Waals surface area contributed by atoms with E-state index >= 15 is 0 Å². The van der Waals surface area contributed by atoms with E-state index in [1.54, 1.807) is 11.5 Å². The first-order valence-corrected chi connectivity index (χ1v) is 12.6. The number of amides is 1.